The van der Waals surface area contributed by atoms with E-state index in [-0.39, 0.29) is 12.5 Å². The van der Waals surface area contributed by atoms with E-state index in [0.29, 0.717) is 23.9 Å². The van der Waals surface area contributed by atoms with Crippen molar-refractivity contribution in [3.63, 3.8) is 0 Å². The summed E-state index contributed by atoms with van der Waals surface area (Å²) in [4.78, 5) is 11.8. The normalized spacial score (nSPS) is 12.1. The van der Waals surface area contributed by atoms with Crippen LogP contribution in [-0.4, -0.2) is 19.1 Å². The maximum Gasteiger partial charge on any atom is 0.250 e. The first-order chi connectivity index (χ1) is 10.1. The van der Waals surface area contributed by atoms with Gasteiger partial charge >= 0.3 is 0 Å². The van der Waals surface area contributed by atoms with E-state index in [1.807, 2.05) is 0 Å². The molecule has 0 aliphatic heterocycles. The Kier molecular flexibility index (Phi) is 8.38. The molecule has 3 N–H and O–H groups in total. The molecular formula is C16H25BrN2O2. The van der Waals surface area contributed by atoms with Gasteiger partial charge in [-0.25, -0.2) is 0 Å². The molecule has 21 heavy (non-hydrogen) atoms. The third-order valence-corrected chi connectivity index (χ3v) is 4.05. The summed E-state index contributed by atoms with van der Waals surface area (Å²) in [5.74, 6) is 0.395. The predicted octanol–water partition coefficient (Wildman–Crippen LogP) is 4.20. The molecule has 1 aromatic rings. The lowest BCUT2D eigenvalue weighted by Crippen LogP contribution is -2.21. The zero-order valence-electron chi connectivity index (χ0n) is 12.8. The molecule has 0 saturated heterocycles. The van der Waals surface area contributed by atoms with Crippen LogP contribution in [0.4, 0.5) is 11.4 Å². The van der Waals surface area contributed by atoms with Gasteiger partial charge in [0.05, 0.1) is 12.3 Å². The molecule has 0 radical (unpaired) electrons. The van der Waals surface area contributed by atoms with Crippen molar-refractivity contribution in [1.29, 1.82) is 0 Å². The average molecular weight is 357 g/mol. The average Bonchev–Trinajstić information content (AvgIpc) is 2.45. The third kappa shape index (κ3) is 6.96. The van der Waals surface area contributed by atoms with Gasteiger partial charge in [0.2, 0.25) is 5.91 Å². The molecule has 1 rings (SSSR count). The molecule has 0 aromatic heterocycles. The fraction of sp³-hybridized carbons (Fsp3) is 0.562. The van der Waals surface area contributed by atoms with Crippen molar-refractivity contribution in [2.24, 2.45) is 5.92 Å². The lowest BCUT2D eigenvalue weighted by Gasteiger charge is -2.14. The molecule has 0 aliphatic rings. The summed E-state index contributed by atoms with van der Waals surface area (Å²) in [7, 11) is 0. The molecular weight excluding hydrogens is 332 g/mol. The number of nitrogens with two attached hydrogens (primary N) is 1. The summed E-state index contributed by atoms with van der Waals surface area (Å²) in [5.41, 5.74) is 7.01. The summed E-state index contributed by atoms with van der Waals surface area (Å²) < 4.78 is 6.30. The summed E-state index contributed by atoms with van der Waals surface area (Å²) >= 11 is 3.37. The standard InChI is InChI=1S/C16H25BrN2O2/c1-3-5-6-12(4-2)10-21-11-16(20)19-15-8-7-13(18)9-14(15)17/h7-9,12H,3-6,10-11,18H2,1-2H3,(H,19,20). The van der Waals surface area contributed by atoms with Crippen molar-refractivity contribution in [1.82, 2.24) is 0 Å². The number of nitrogens with one attached hydrogen (secondary N) is 1. The number of halogens is 1. The molecule has 0 saturated carbocycles. The molecule has 0 spiro atoms. The number of ether oxygens (including phenoxy) is 1. The summed E-state index contributed by atoms with van der Waals surface area (Å²) in [6, 6.07) is 5.28. The minimum Gasteiger partial charge on any atom is -0.399 e. The molecule has 0 aliphatic carbocycles. The Labute approximate surface area is 135 Å². The number of hydrogen-bond donors (Lipinski definition) is 2. The zero-order chi connectivity index (χ0) is 15.7. The molecule has 1 aromatic carbocycles. The largest absolute Gasteiger partial charge is 0.399 e. The van der Waals surface area contributed by atoms with Crippen molar-refractivity contribution < 1.29 is 9.53 Å². The van der Waals surface area contributed by atoms with E-state index in [1.165, 1.54) is 12.8 Å². The Morgan fingerprint density at radius 2 is 2.19 bits per heavy atom. The predicted molar refractivity (Wildman–Crippen MR) is 91.3 cm³/mol. The number of amides is 1. The van der Waals surface area contributed by atoms with E-state index in [0.717, 1.165) is 17.3 Å². The van der Waals surface area contributed by atoms with E-state index in [2.05, 4.69) is 35.1 Å². The van der Waals surface area contributed by atoms with Crippen LogP contribution in [0.3, 0.4) is 0 Å². The lowest BCUT2D eigenvalue weighted by molar-refractivity contribution is -0.121. The molecule has 1 atom stereocenters. The zero-order valence-corrected chi connectivity index (χ0v) is 14.4. The quantitative estimate of drug-likeness (QED) is 0.651. The van der Waals surface area contributed by atoms with Gasteiger partial charge < -0.3 is 15.8 Å². The van der Waals surface area contributed by atoms with Gasteiger partial charge in [-0.3, -0.25) is 4.79 Å². The van der Waals surface area contributed by atoms with Crippen LogP contribution in [0.15, 0.2) is 22.7 Å². The van der Waals surface area contributed by atoms with Crippen LogP contribution in [-0.2, 0) is 9.53 Å². The van der Waals surface area contributed by atoms with Crippen molar-refractivity contribution in [3.05, 3.63) is 22.7 Å². The molecule has 1 amide bonds. The minimum atomic E-state index is -0.147. The summed E-state index contributed by atoms with van der Waals surface area (Å²) in [6.45, 7) is 5.08. The fourth-order valence-electron chi connectivity index (χ4n) is 2.04. The Morgan fingerprint density at radius 3 is 2.81 bits per heavy atom. The van der Waals surface area contributed by atoms with Crippen LogP contribution in [0.2, 0.25) is 0 Å². The monoisotopic (exact) mass is 356 g/mol. The highest BCUT2D eigenvalue weighted by Gasteiger charge is 2.09. The van der Waals surface area contributed by atoms with Crippen LogP contribution in [0.25, 0.3) is 0 Å². The van der Waals surface area contributed by atoms with Gasteiger partial charge in [-0.1, -0.05) is 33.1 Å². The summed E-state index contributed by atoms with van der Waals surface area (Å²) in [5, 5.41) is 2.81. The highest BCUT2D eigenvalue weighted by Crippen LogP contribution is 2.24. The minimum absolute atomic E-state index is 0.0828. The van der Waals surface area contributed by atoms with Crippen LogP contribution in [0.1, 0.15) is 39.5 Å². The van der Waals surface area contributed by atoms with E-state index in [9.17, 15) is 4.79 Å². The number of anilines is 2. The number of nitrogen functional groups attached to an aromatic ring is 1. The number of carbonyl (C=O) groups excluding carboxylic acids is 1. The molecule has 1 unspecified atom stereocenters. The molecule has 118 valence electrons. The summed E-state index contributed by atoms with van der Waals surface area (Å²) in [6.07, 6.45) is 4.66. The van der Waals surface area contributed by atoms with E-state index in [4.69, 9.17) is 10.5 Å². The highest BCUT2D eigenvalue weighted by atomic mass is 79.9. The second-order valence-electron chi connectivity index (χ2n) is 5.22. The number of carbonyl (C=O) groups is 1. The highest BCUT2D eigenvalue weighted by molar-refractivity contribution is 9.10. The Hall–Kier alpha value is -1.07. The smallest absolute Gasteiger partial charge is 0.250 e. The van der Waals surface area contributed by atoms with Crippen LogP contribution >= 0.6 is 15.9 Å². The van der Waals surface area contributed by atoms with Crippen molar-refractivity contribution in [2.75, 3.05) is 24.3 Å². The number of benzene rings is 1. The second-order valence-corrected chi connectivity index (χ2v) is 6.07. The topological polar surface area (TPSA) is 64.3 Å². The van der Waals surface area contributed by atoms with Gasteiger partial charge in [0.25, 0.3) is 0 Å². The maximum absolute atomic E-state index is 11.8. The first-order valence-electron chi connectivity index (χ1n) is 7.49. The van der Waals surface area contributed by atoms with Crippen molar-refractivity contribution in [2.45, 2.75) is 39.5 Å². The van der Waals surface area contributed by atoms with Gasteiger partial charge in [0.1, 0.15) is 6.61 Å². The third-order valence-electron chi connectivity index (χ3n) is 3.40. The molecule has 0 fully saturated rings. The van der Waals surface area contributed by atoms with E-state index >= 15 is 0 Å². The molecule has 4 nitrogen and oxygen atoms in total. The number of rotatable bonds is 9. The van der Waals surface area contributed by atoms with Crippen molar-refractivity contribution in [3.8, 4) is 0 Å². The fourth-order valence-corrected chi connectivity index (χ4v) is 2.53. The first-order valence-corrected chi connectivity index (χ1v) is 8.28. The Balaban J connectivity index is 2.33. The number of unbranched alkanes of at least 4 members (excludes halogenated alkanes) is 1. The van der Waals surface area contributed by atoms with E-state index in [1.54, 1.807) is 18.2 Å². The number of hydrogen-bond acceptors (Lipinski definition) is 3. The Morgan fingerprint density at radius 1 is 1.43 bits per heavy atom. The first kappa shape index (κ1) is 18.0. The maximum atomic E-state index is 11.8. The van der Waals surface area contributed by atoms with E-state index < -0.39 is 0 Å². The van der Waals surface area contributed by atoms with Crippen LogP contribution in [0, 0.1) is 5.92 Å². The lowest BCUT2D eigenvalue weighted by atomic mass is 10.0. The second kappa shape index (κ2) is 9.79. The van der Waals surface area contributed by atoms with Gasteiger partial charge in [-0.2, -0.15) is 0 Å². The molecule has 5 heteroatoms. The van der Waals surface area contributed by atoms with Crippen LogP contribution in [0.5, 0.6) is 0 Å². The molecule has 0 bridgehead atoms. The van der Waals surface area contributed by atoms with Crippen LogP contribution < -0.4 is 11.1 Å². The Bertz CT molecular complexity index is 452. The van der Waals surface area contributed by atoms with Gasteiger partial charge in [-0.15, -0.1) is 0 Å². The molecule has 0 heterocycles. The SMILES string of the molecule is CCCCC(CC)COCC(=O)Nc1ccc(N)cc1Br. The van der Waals surface area contributed by atoms with Gasteiger partial charge in [-0.05, 0) is 46.5 Å². The van der Waals surface area contributed by atoms with Crippen molar-refractivity contribution >= 4 is 33.2 Å². The van der Waals surface area contributed by atoms with Gasteiger partial charge in [0, 0.05) is 10.2 Å². The van der Waals surface area contributed by atoms with Gasteiger partial charge in [0.15, 0.2) is 0 Å².